The molecule has 0 unspecified atom stereocenters. The number of hydrogen-bond acceptors (Lipinski definition) is 3. The second-order valence-electron chi connectivity index (χ2n) is 3.63. The molecule has 0 bridgehead atoms. The molecule has 1 fully saturated rings. The smallest absolute Gasteiger partial charge is 0.127 e. The fraction of sp³-hybridized carbons (Fsp3) is 0.364. The van der Waals surface area contributed by atoms with E-state index in [4.69, 9.17) is 9.57 Å². The molecule has 0 amide bonds. The third-order valence-corrected chi connectivity index (χ3v) is 2.70. The minimum absolute atomic E-state index is 0.0173. The van der Waals surface area contributed by atoms with Crippen molar-refractivity contribution in [1.82, 2.24) is 0 Å². The van der Waals surface area contributed by atoms with E-state index in [2.05, 4.69) is 17.3 Å². The van der Waals surface area contributed by atoms with Crippen molar-refractivity contribution in [1.29, 1.82) is 0 Å². The van der Waals surface area contributed by atoms with Crippen LogP contribution in [0.4, 0.5) is 0 Å². The highest BCUT2D eigenvalue weighted by Crippen LogP contribution is 2.33. The van der Waals surface area contributed by atoms with Crippen molar-refractivity contribution < 1.29 is 9.57 Å². The van der Waals surface area contributed by atoms with Crippen molar-refractivity contribution in [2.75, 3.05) is 13.2 Å². The van der Waals surface area contributed by atoms with Crippen LogP contribution in [-0.4, -0.2) is 18.9 Å². The highest BCUT2D eigenvalue weighted by atomic mass is 16.6. The summed E-state index contributed by atoms with van der Waals surface area (Å²) >= 11 is 0. The molecule has 3 heteroatoms. The van der Waals surface area contributed by atoms with Gasteiger partial charge in [-0.3, -0.25) is 0 Å². The average molecular weight is 189 g/mol. The lowest BCUT2D eigenvalue weighted by atomic mass is 9.99. The second-order valence-corrected chi connectivity index (χ2v) is 3.63. The van der Waals surface area contributed by atoms with E-state index in [-0.39, 0.29) is 6.10 Å². The van der Waals surface area contributed by atoms with Crippen molar-refractivity contribution in [3.63, 3.8) is 0 Å². The van der Waals surface area contributed by atoms with Crippen LogP contribution in [-0.2, 0) is 9.57 Å². The minimum atomic E-state index is 0.0173. The van der Waals surface area contributed by atoms with Gasteiger partial charge in [-0.2, -0.15) is 0 Å². The molecular formula is C11H11NO2. The first-order chi connectivity index (χ1) is 6.95. The summed E-state index contributed by atoms with van der Waals surface area (Å²) in [7, 11) is 0. The van der Waals surface area contributed by atoms with E-state index in [0.29, 0.717) is 12.5 Å². The van der Waals surface area contributed by atoms with E-state index >= 15 is 0 Å². The van der Waals surface area contributed by atoms with Crippen LogP contribution in [0, 0.1) is 5.92 Å². The normalized spacial score (nSPS) is 29.6. The largest absolute Gasteiger partial charge is 0.395 e. The van der Waals surface area contributed by atoms with Crippen LogP contribution >= 0.6 is 0 Å². The van der Waals surface area contributed by atoms with Crippen molar-refractivity contribution in [3.8, 4) is 0 Å². The lowest BCUT2D eigenvalue weighted by Gasteiger charge is -2.08. The Morgan fingerprint density at radius 2 is 2.00 bits per heavy atom. The van der Waals surface area contributed by atoms with Gasteiger partial charge in [0, 0.05) is 0 Å². The van der Waals surface area contributed by atoms with Crippen LogP contribution in [0.15, 0.2) is 35.5 Å². The maximum Gasteiger partial charge on any atom is 0.127 e. The summed E-state index contributed by atoms with van der Waals surface area (Å²) in [5.41, 5.74) is 2.22. The van der Waals surface area contributed by atoms with Crippen LogP contribution in [0.2, 0.25) is 0 Å². The molecular weight excluding hydrogens is 178 g/mol. The first-order valence-corrected chi connectivity index (χ1v) is 4.81. The number of fused-ring (bicyclic) bond motifs is 1. The molecule has 1 saturated heterocycles. The van der Waals surface area contributed by atoms with E-state index in [9.17, 15) is 0 Å². The summed E-state index contributed by atoms with van der Waals surface area (Å²) in [6.45, 7) is 1.41. The molecule has 3 nitrogen and oxygen atoms in total. The summed E-state index contributed by atoms with van der Waals surface area (Å²) in [4.78, 5) is 5.07. The third-order valence-electron chi connectivity index (χ3n) is 2.70. The second kappa shape index (κ2) is 3.10. The fourth-order valence-electron chi connectivity index (χ4n) is 1.95. The topological polar surface area (TPSA) is 30.8 Å². The molecule has 2 heterocycles. The van der Waals surface area contributed by atoms with Crippen molar-refractivity contribution in [3.05, 3.63) is 35.9 Å². The quantitative estimate of drug-likeness (QED) is 0.674. The van der Waals surface area contributed by atoms with Crippen LogP contribution in [0.3, 0.4) is 0 Å². The van der Waals surface area contributed by atoms with Gasteiger partial charge in [0.05, 0.1) is 18.2 Å². The lowest BCUT2D eigenvalue weighted by molar-refractivity contribution is 0.0792. The Balaban J connectivity index is 1.93. The summed E-state index contributed by atoms with van der Waals surface area (Å²) in [6.07, 6.45) is 0.0173. The van der Waals surface area contributed by atoms with Crippen molar-refractivity contribution in [2.24, 2.45) is 11.1 Å². The van der Waals surface area contributed by atoms with Gasteiger partial charge >= 0.3 is 0 Å². The highest BCUT2D eigenvalue weighted by molar-refractivity contribution is 5.93. The van der Waals surface area contributed by atoms with Crippen molar-refractivity contribution in [2.45, 2.75) is 6.10 Å². The van der Waals surface area contributed by atoms with Crippen LogP contribution in [0.1, 0.15) is 11.7 Å². The molecule has 0 radical (unpaired) electrons. The highest BCUT2D eigenvalue weighted by Gasteiger charge is 2.38. The third kappa shape index (κ3) is 1.13. The van der Waals surface area contributed by atoms with Gasteiger partial charge in [-0.25, -0.2) is 0 Å². The van der Waals surface area contributed by atoms with E-state index in [1.807, 2.05) is 18.2 Å². The molecule has 2 aliphatic heterocycles. The van der Waals surface area contributed by atoms with Gasteiger partial charge < -0.3 is 9.57 Å². The number of nitrogens with zero attached hydrogens (tertiary/aromatic N) is 1. The Morgan fingerprint density at radius 1 is 1.14 bits per heavy atom. The molecule has 0 saturated carbocycles. The van der Waals surface area contributed by atoms with Gasteiger partial charge in [0.1, 0.15) is 12.7 Å². The number of hydrogen-bond donors (Lipinski definition) is 0. The Kier molecular flexibility index (Phi) is 1.77. The first-order valence-electron chi connectivity index (χ1n) is 4.81. The Hall–Kier alpha value is -1.35. The van der Waals surface area contributed by atoms with Crippen molar-refractivity contribution >= 4 is 5.71 Å². The molecule has 0 aliphatic carbocycles. The van der Waals surface area contributed by atoms with E-state index < -0.39 is 0 Å². The summed E-state index contributed by atoms with van der Waals surface area (Å²) < 4.78 is 5.70. The van der Waals surface area contributed by atoms with E-state index in [1.165, 1.54) is 5.56 Å². The lowest BCUT2D eigenvalue weighted by Crippen LogP contribution is -2.11. The SMILES string of the molecule is c1ccc([C@H]2OC[C@H]3CON=C32)cc1. The minimum Gasteiger partial charge on any atom is -0.395 e. The van der Waals surface area contributed by atoms with Gasteiger partial charge in [-0.05, 0) is 5.56 Å². The Labute approximate surface area is 82.3 Å². The fourth-order valence-corrected chi connectivity index (χ4v) is 1.95. The number of rotatable bonds is 1. The molecule has 0 N–H and O–H groups in total. The van der Waals surface area contributed by atoms with Crippen LogP contribution < -0.4 is 0 Å². The number of benzene rings is 1. The number of ether oxygens (including phenoxy) is 1. The number of oxime groups is 1. The molecule has 0 aromatic heterocycles. The first kappa shape index (κ1) is 8.00. The predicted molar refractivity (Wildman–Crippen MR) is 52.0 cm³/mol. The average Bonchev–Trinajstić information content (AvgIpc) is 2.79. The summed E-state index contributed by atoms with van der Waals surface area (Å²) in [5, 5.41) is 4.05. The maximum absolute atomic E-state index is 5.70. The molecule has 72 valence electrons. The van der Waals surface area contributed by atoms with Gasteiger partial charge in [0.15, 0.2) is 0 Å². The molecule has 14 heavy (non-hydrogen) atoms. The molecule has 1 aromatic rings. The molecule has 2 atom stereocenters. The maximum atomic E-state index is 5.70. The van der Waals surface area contributed by atoms with Gasteiger partial charge in [0.25, 0.3) is 0 Å². The molecule has 1 aromatic carbocycles. The van der Waals surface area contributed by atoms with E-state index in [0.717, 1.165) is 12.3 Å². The van der Waals surface area contributed by atoms with Gasteiger partial charge in [0.2, 0.25) is 0 Å². The van der Waals surface area contributed by atoms with Gasteiger partial charge in [-0.1, -0.05) is 35.5 Å². The predicted octanol–water partition coefficient (Wildman–Crippen LogP) is 1.76. The van der Waals surface area contributed by atoms with Gasteiger partial charge in [-0.15, -0.1) is 0 Å². The zero-order valence-corrected chi connectivity index (χ0v) is 7.72. The zero-order valence-electron chi connectivity index (χ0n) is 7.72. The summed E-state index contributed by atoms with van der Waals surface area (Å²) in [6, 6.07) is 10.2. The van der Waals surface area contributed by atoms with Crippen LogP contribution in [0.25, 0.3) is 0 Å². The standard InChI is InChI=1S/C11H11NO2/c1-2-4-8(5-3-1)11-10-9(6-13-11)7-14-12-10/h1-5,9,11H,6-7H2/t9-,11+/m0/s1. The van der Waals surface area contributed by atoms with Crippen LogP contribution in [0.5, 0.6) is 0 Å². The van der Waals surface area contributed by atoms with E-state index in [1.54, 1.807) is 0 Å². The Morgan fingerprint density at radius 3 is 2.86 bits per heavy atom. The Bertz CT molecular complexity index is 361. The monoisotopic (exact) mass is 189 g/mol. The zero-order chi connectivity index (χ0) is 9.38. The molecule has 3 rings (SSSR count). The summed E-state index contributed by atoms with van der Waals surface area (Å²) in [5.74, 6) is 0.375. The molecule has 2 aliphatic rings. The molecule has 0 spiro atoms.